The maximum absolute atomic E-state index is 13.4. The molecule has 0 fully saturated rings. The molecular weight excluding hydrogens is 442 g/mol. The van der Waals surface area contributed by atoms with Gasteiger partial charge >= 0.3 is 12.5 Å². The summed E-state index contributed by atoms with van der Waals surface area (Å²) < 4.78 is 44.2. The van der Waals surface area contributed by atoms with Crippen LogP contribution in [0.4, 0.5) is 8.78 Å². The van der Waals surface area contributed by atoms with Gasteiger partial charge in [-0.3, -0.25) is 4.79 Å². The molecule has 0 saturated carbocycles. The van der Waals surface area contributed by atoms with E-state index in [1.807, 2.05) is 30.3 Å². The zero-order valence-corrected chi connectivity index (χ0v) is 19.3. The second kappa shape index (κ2) is 8.74. The highest BCUT2D eigenvalue weighted by atomic mass is 19.3. The van der Waals surface area contributed by atoms with E-state index in [1.165, 1.54) is 7.11 Å². The second-order valence-electron chi connectivity index (χ2n) is 8.86. The highest BCUT2D eigenvalue weighted by Crippen LogP contribution is 2.45. The van der Waals surface area contributed by atoms with Gasteiger partial charge in [0, 0.05) is 39.8 Å². The molecule has 0 spiro atoms. The lowest BCUT2D eigenvalue weighted by molar-refractivity contribution is -0.141. The number of carbonyl (C=O) groups is 1. The molecular formula is C26H26F2N2O4. The van der Waals surface area contributed by atoms with E-state index in [9.17, 15) is 13.6 Å². The van der Waals surface area contributed by atoms with Gasteiger partial charge in [0.05, 0.1) is 32.4 Å². The Balaban J connectivity index is 1.40. The SMILES string of the molecule is COC(=O)C[C@@H]1COc2cc(CC3COc4c(-c5c(C)nn(C(F)F)c5C)cccc43)ccc21. The van der Waals surface area contributed by atoms with Crippen molar-refractivity contribution < 1.29 is 27.8 Å². The lowest BCUT2D eigenvalue weighted by Gasteiger charge is -2.12. The molecule has 34 heavy (non-hydrogen) atoms. The third kappa shape index (κ3) is 3.81. The Morgan fingerprint density at radius 1 is 1.15 bits per heavy atom. The molecule has 8 heteroatoms. The zero-order chi connectivity index (χ0) is 24.0. The molecule has 1 unspecified atom stereocenters. The summed E-state index contributed by atoms with van der Waals surface area (Å²) in [7, 11) is 1.39. The number of ether oxygens (including phenoxy) is 3. The summed E-state index contributed by atoms with van der Waals surface area (Å²) in [6.45, 7) is 1.69. The van der Waals surface area contributed by atoms with E-state index < -0.39 is 6.55 Å². The molecule has 2 aliphatic rings. The molecule has 2 aromatic carbocycles. The van der Waals surface area contributed by atoms with Crippen molar-refractivity contribution >= 4 is 5.97 Å². The number of carbonyl (C=O) groups excluding carboxylic acids is 1. The van der Waals surface area contributed by atoms with Crippen LogP contribution in [0.25, 0.3) is 11.1 Å². The van der Waals surface area contributed by atoms with E-state index in [-0.39, 0.29) is 17.8 Å². The Morgan fingerprint density at radius 3 is 2.68 bits per heavy atom. The van der Waals surface area contributed by atoms with Crippen molar-refractivity contribution in [1.82, 2.24) is 9.78 Å². The Labute approximate surface area is 196 Å². The molecule has 0 saturated heterocycles. The number of alkyl halides is 2. The van der Waals surface area contributed by atoms with Gasteiger partial charge in [0.2, 0.25) is 0 Å². The molecule has 2 aliphatic heterocycles. The lowest BCUT2D eigenvalue weighted by atomic mass is 9.90. The van der Waals surface area contributed by atoms with Crippen LogP contribution in [-0.4, -0.2) is 36.1 Å². The van der Waals surface area contributed by atoms with E-state index in [2.05, 4.69) is 11.2 Å². The average molecular weight is 469 g/mol. The zero-order valence-electron chi connectivity index (χ0n) is 19.3. The lowest BCUT2D eigenvalue weighted by Crippen LogP contribution is -2.09. The van der Waals surface area contributed by atoms with Crippen molar-refractivity contribution in [3.63, 3.8) is 0 Å². The molecule has 1 aromatic heterocycles. The number of rotatable bonds is 6. The summed E-state index contributed by atoms with van der Waals surface area (Å²) in [5.41, 5.74) is 5.67. The number of fused-ring (bicyclic) bond motifs is 2. The van der Waals surface area contributed by atoms with E-state index in [4.69, 9.17) is 14.2 Å². The maximum atomic E-state index is 13.4. The molecule has 0 aliphatic carbocycles. The Kier molecular flexibility index (Phi) is 5.75. The van der Waals surface area contributed by atoms with Gasteiger partial charge in [-0.2, -0.15) is 13.9 Å². The number of esters is 1. The van der Waals surface area contributed by atoms with Gasteiger partial charge in [0.15, 0.2) is 0 Å². The van der Waals surface area contributed by atoms with Crippen molar-refractivity contribution in [3.8, 4) is 22.6 Å². The predicted molar refractivity (Wildman–Crippen MR) is 122 cm³/mol. The third-order valence-corrected chi connectivity index (χ3v) is 6.77. The predicted octanol–water partition coefficient (Wildman–Crippen LogP) is 5.32. The fourth-order valence-electron chi connectivity index (χ4n) is 5.11. The van der Waals surface area contributed by atoms with Crippen molar-refractivity contribution in [3.05, 3.63) is 64.5 Å². The number of hydrogen-bond acceptors (Lipinski definition) is 5. The monoisotopic (exact) mass is 468 g/mol. The van der Waals surface area contributed by atoms with Crippen molar-refractivity contribution in [2.24, 2.45) is 0 Å². The van der Waals surface area contributed by atoms with Gasteiger partial charge in [-0.05, 0) is 31.9 Å². The number of halogens is 2. The minimum absolute atomic E-state index is 0.00947. The summed E-state index contributed by atoms with van der Waals surface area (Å²) in [5, 5.41) is 4.03. The van der Waals surface area contributed by atoms with Crippen LogP contribution in [-0.2, 0) is 16.0 Å². The molecule has 0 radical (unpaired) electrons. The molecule has 6 nitrogen and oxygen atoms in total. The first-order valence-corrected chi connectivity index (χ1v) is 11.3. The fraction of sp³-hybridized carbons (Fsp3) is 0.385. The van der Waals surface area contributed by atoms with Crippen LogP contribution in [0, 0.1) is 13.8 Å². The first-order chi connectivity index (χ1) is 16.4. The number of methoxy groups -OCH3 is 1. The van der Waals surface area contributed by atoms with Crippen LogP contribution in [0.3, 0.4) is 0 Å². The van der Waals surface area contributed by atoms with E-state index >= 15 is 0 Å². The van der Waals surface area contributed by atoms with Gasteiger partial charge < -0.3 is 14.2 Å². The van der Waals surface area contributed by atoms with Crippen LogP contribution < -0.4 is 9.47 Å². The minimum Gasteiger partial charge on any atom is -0.493 e. The third-order valence-electron chi connectivity index (χ3n) is 6.77. The Hall–Kier alpha value is -3.42. The second-order valence-corrected chi connectivity index (χ2v) is 8.86. The Bertz CT molecular complexity index is 1250. The van der Waals surface area contributed by atoms with Gasteiger partial charge in [-0.25, -0.2) is 4.68 Å². The molecule has 2 atom stereocenters. The molecule has 5 rings (SSSR count). The minimum atomic E-state index is -2.69. The van der Waals surface area contributed by atoms with Gasteiger partial charge in [0.25, 0.3) is 0 Å². The number of nitrogens with zero attached hydrogens (tertiary/aromatic N) is 2. The highest BCUT2D eigenvalue weighted by Gasteiger charge is 2.31. The summed E-state index contributed by atoms with van der Waals surface area (Å²) >= 11 is 0. The van der Waals surface area contributed by atoms with Crippen molar-refractivity contribution in [2.75, 3.05) is 20.3 Å². The first-order valence-electron chi connectivity index (χ1n) is 11.3. The Morgan fingerprint density at radius 2 is 1.94 bits per heavy atom. The smallest absolute Gasteiger partial charge is 0.333 e. The van der Waals surface area contributed by atoms with Gasteiger partial charge in [0.1, 0.15) is 11.5 Å². The topological polar surface area (TPSA) is 62.6 Å². The number of para-hydroxylation sites is 1. The molecule has 3 aromatic rings. The first kappa shape index (κ1) is 22.4. The van der Waals surface area contributed by atoms with Crippen molar-refractivity contribution in [2.45, 2.75) is 45.1 Å². The largest absolute Gasteiger partial charge is 0.493 e. The normalized spacial score (nSPS) is 18.4. The molecule has 178 valence electrons. The molecule has 0 bridgehead atoms. The number of aromatic nitrogens is 2. The quantitative estimate of drug-likeness (QED) is 0.458. The number of hydrogen-bond donors (Lipinski definition) is 0. The average Bonchev–Trinajstić information content (AvgIpc) is 3.49. The molecule has 0 amide bonds. The molecule has 3 heterocycles. The van der Waals surface area contributed by atoms with E-state index in [1.54, 1.807) is 13.8 Å². The number of aryl methyl sites for hydroxylation is 1. The van der Waals surface area contributed by atoms with Gasteiger partial charge in [-0.1, -0.05) is 30.3 Å². The van der Waals surface area contributed by atoms with E-state index in [0.29, 0.717) is 36.6 Å². The fourth-order valence-corrected chi connectivity index (χ4v) is 5.11. The number of benzene rings is 2. The van der Waals surface area contributed by atoms with Crippen LogP contribution in [0.1, 0.15) is 52.9 Å². The van der Waals surface area contributed by atoms with E-state index in [0.717, 1.165) is 44.9 Å². The maximum Gasteiger partial charge on any atom is 0.333 e. The molecule has 0 N–H and O–H groups in total. The van der Waals surface area contributed by atoms with Crippen LogP contribution in [0.5, 0.6) is 11.5 Å². The highest BCUT2D eigenvalue weighted by molar-refractivity contribution is 5.77. The van der Waals surface area contributed by atoms with Crippen LogP contribution >= 0.6 is 0 Å². The standard InChI is InChI=1S/C26H26F2N2O4/c1-14-24(15(2)30(29-14)26(27)28)21-6-4-5-20-17(13-34-25(20)21)9-16-7-8-19-18(11-23(31)32-3)12-33-22(19)10-16/h4-8,10,17-18,26H,9,11-13H2,1-3H3/t17?,18-/m1/s1. The summed E-state index contributed by atoms with van der Waals surface area (Å²) in [6.07, 6.45) is 1.06. The van der Waals surface area contributed by atoms with Gasteiger partial charge in [-0.15, -0.1) is 0 Å². The van der Waals surface area contributed by atoms with Crippen molar-refractivity contribution in [1.29, 1.82) is 0 Å². The van der Waals surface area contributed by atoms with Crippen LogP contribution in [0.15, 0.2) is 36.4 Å². The summed E-state index contributed by atoms with van der Waals surface area (Å²) in [6, 6.07) is 12.0. The van der Waals surface area contributed by atoms with Crippen LogP contribution in [0.2, 0.25) is 0 Å². The summed E-state index contributed by atoms with van der Waals surface area (Å²) in [5.74, 6) is 1.44. The summed E-state index contributed by atoms with van der Waals surface area (Å²) in [4.78, 5) is 11.7.